The first kappa shape index (κ1) is 18.3. The molecule has 3 aromatic rings. The minimum atomic E-state index is -4.47. The van der Waals surface area contributed by atoms with Crippen LogP contribution in [0.3, 0.4) is 0 Å². The standard InChI is InChI=1S/C17H12BrF5N4/c18-8-5-11(19)14(24-6-8)15-10-1-2-12-13(16(20)26-25-12)9(10)3-4-27(15)7-17(21,22)23/h1-2,5-6,15H,3-4,7H2,(H,25,26). The Hall–Kier alpha value is -2.07. The van der Waals surface area contributed by atoms with E-state index < -0.39 is 30.5 Å². The SMILES string of the molecule is Fc1cc(Br)cnc1C1c2ccc3[nH]nc(F)c3c2CCN1CC(F)(F)F. The van der Waals surface area contributed by atoms with E-state index in [1.165, 1.54) is 12.3 Å². The van der Waals surface area contributed by atoms with Crippen molar-refractivity contribution in [2.45, 2.75) is 18.6 Å². The molecule has 1 atom stereocenters. The van der Waals surface area contributed by atoms with Crippen molar-refractivity contribution in [1.29, 1.82) is 0 Å². The lowest BCUT2D eigenvalue weighted by Crippen LogP contribution is -2.42. The molecule has 1 aromatic carbocycles. The minimum absolute atomic E-state index is 0.0158. The summed E-state index contributed by atoms with van der Waals surface area (Å²) in [7, 11) is 0. The predicted molar refractivity (Wildman–Crippen MR) is 91.1 cm³/mol. The number of pyridine rings is 1. The summed E-state index contributed by atoms with van der Waals surface area (Å²) in [6.45, 7) is -1.24. The summed E-state index contributed by atoms with van der Waals surface area (Å²) in [5.41, 5.74) is 1.23. The summed E-state index contributed by atoms with van der Waals surface area (Å²) in [4.78, 5) is 5.14. The molecule has 0 amide bonds. The second-order valence-corrected chi connectivity index (χ2v) is 7.24. The van der Waals surface area contributed by atoms with Crippen molar-refractivity contribution in [2.24, 2.45) is 0 Å². The fourth-order valence-corrected chi connectivity index (χ4v) is 3.92. The molecule has 1 N–H and O–H groups in total. The Morgan fingerprint density at radius 1 is 1.26 bits per heavy atom. The molecule has 4 rings (SSSR count). The maximum absolute atomic E-state index is 14.6. The topological polar surface area (TPSA) is 44.8 Å². The van der Waals surface area contributed by atoms with Gasteiger partial charge in [0.15, 0.2) is 0 Å². The van der Waals surface area contributed by atoms with E-state index in [2.05, 4.69) is 31.1 Å². The van der Waals surface area contributed by atoms with E-state index in [9.17, 15) is 22.0 Å². The third-order valence-corrected chi connectivity index (χ3v) is 5.05. The first-order valence-electron chi connectivity index (χ1n) is 8.01. The van der Waals surface area contributed by atoms with Gasteiger partial charge in [0, 0.05) is 17.2 Å². The van der Waals surface area contributed by atoms with Crippen LogP contribution in [-0.4, -0.2) is 39.3 Å². The van der Waals surface area contributed by atoms with E-state index in [1.54, 1.807) is 6.07 Å². The molecule has 0 spiro atoms. The molecular formula is C17H12BrF5N4. The van der Waals surface area contributed by atoms with Crippen LogP contribution in [0.1, 0.15) is 22.9 Å². The molecule has 1 aliphatic rings. The Morgan fingerprint density at radius 2 is 2.04 bits per heavy atom. The zero-order chi connectivity index (χ0) is 19.3. The number of fused-ring (bicyclic) bond motifs is 3. The number of alkyl halides is 3. The number of hydrogen-bond acceptors (Lipinski definition) is 3. The number of halogens is 6. The van der Waals surface area contributed by atoms with Gasteiger partial charge in [-0.25, -0.2) is 4.39 Å². The molecule has 0 bridgehead atoms. The van der Waals surface area contributed by atoms with Crippen molar-refractivity contribution in [2.75, 3.05) is 13.1 Å². The van der Waals surface area contributed by atoms with Gasteiger partial charge in [-0.3, -0.25) is 15.0 Å². The molecular weight excluding hydrogens is 435 g/mol. The van der Waals surface area contributed by atoms with Crippen molar-refractivity contribution in [3.05, 3.63) is 57.5 Å². The van der Waals surface area contributed by atoms with Gasteiger partial charge in [0.05, 0.1) is 29.2 Å². The molecule has 27 heavy (non-hydrogen) atoms. The zero-order valence-corrected chi connectivity index (χ0v) is 15.2. The van der Waals surface area contributed by atoms with Crippen molar-refractivity contribution in [3.8, 4) is 0 Å². The molecule has 1 aliphatic heterocycles. The lowest BCUT2D eigenvalue weighted by atomic mass is 9.88. The fraction of sp³-hybridized carbons (Fsp3) is 0.294. The van der Waals surface area contributed by atoms with Gasteiger partial charge >= 0.3 is 6.18 Å². The summed E-state index contributed by atoms with van der Waals surface area (Å²) in [6, 6.07) is 3.18. The highest BCUT2D eigenvalue weighted by Crippen LogP contribution is 2.40. The Labute approximate surface area is 158 Å². The molecule has 0 saturated heterocycles. The molecule has 0 aliphatic carbocycles. The monoisotopic (exact) mass is 446 g/mol. The first-order chi connectivity index (χ1) is 12.7. The molecule has 0 radical (unpaired) electrons. The number of rotatable bonds is 2. The minimum Gasteiger partial charge on any atom is -0.282 e. The van der Waals surface area contributed by atoms with Crippen molar-refractivity contribution in [1.82, 2.24) is 20.1 Å². The van der Waals surface area contributed by atoms with Crippen LogP contribution in [0.2, 0.25) is 0 Å². The van der Waals surface area contributed by atoms with Crippen molar-refractivity contribution >= 4 is 26.8 Å². The van der Waals surface area contributed by atoms with Crippen LogP contribution in [0.4, 0.5) is 22.0 Å². The Morgan fingerprint density at radius 3 is 2.74 bits per heavy atom. The highest BCUT2D eigenvalue weighted by molar-refractivity contribution is 9.10. The highest BCUT2D eigenvalue weighted by atomic mass is 79.9. The predicted octanol–water partition coefficient (Wildman–Crippen LogP) is 4.51. The quantitative estimate of drug-likeness (QED) is 0.589. The lowest BCUT2D eigenvalue weighted by Gasteiger charge is -2.37. The Bertz CT molecular complexity index is 1020. The van der Waals surface area contributed by atoms with Gasteiger partial charge in [-0.05, 0) is 45.6 Å². The van der Waals surface area contributed by atoms with Gasteiger partial charge in [0.25, 0.3) is 0 Å². The molecule has 0 fully saturated rings. The van der Waals surface area contributed by atoms with E-state index in [4.69, 9.17) is 0 Å². The molecule has 3 heterocycles. The van der Waals surface area contributed by atoms with Crippen LogP contribution in [0.5, 0.6) is 0 Å². The maximum Gasteiger partial charge on any atom is 0.401 e. The van der Waals surface area contributed by atoms with E-state index in [-0.39, 0.29) is 24.0 Å². The average molecular weight is 447 g/mol. The maximum atomic E-state index is 14.6. The van der Waals surface area contributed by atoms with E-state index in [0.29, 0.717) is 21.1 Å². The number of hydrogen-bond donors (Lipinski definition) is 1. The van der Waals surface area contributed by atoms with E-state index in [1.807, 2.05) is 0 Å². The fourth-order valence-electron chi connectivity index (χ4n) is 3.61. The van der Waals surface area contributed by atoms with Crippen molar-refractivity contribution in [3.63, 3.8) is 0 Å². The molecule has 0 saturated carbocycles. The molecule has 10 heteroatoms. The molecule has 4 nitrogen and oxygen atoms in total. The average Bonchev–Trinajstić information content (AvgIpc) is 2.96. The largest absolute Gasteiger partial charge is 0.401 e. The van der Waals surface area contributed by atoms with Crippen LogP contribution in [-0.2, 0) is 6.42 Å². The Kier molecular flexibility index (Phi) is 4.42. The summed E-state index contributed by atoms with van der Waals surface area (Å²) in [5, 5.41) is 6.30. The molecule has 142 valence electrons. The molecule has 1 unspecified atom stereocenters. The number of aromatic amines is 1. The van der Waals surface area contributed by atoms with Gasteiger partial charge in [-0.15, -0.1) is 5.10 Å². The van der Waals surface area contributed by atoms with Crippen LogP contribution in [0, 0.1) is 11.8 Å². The van der Waals surface area contributed by atoms with Gasteiger partial charge in [-0.2, -0.15) is 17.6 Å². The van der Waals surface area contributed by atoms with E-state index in [0.717, 1.165) is 11.0 Å². The van der Waals surface area contributed by atoms with Gasteiger partial charge in [0.2, 0.25) is 5.95 Å². The summed E-state index contributed by atoms with van der Waals surface area (Å²) >= 11 is 3.09. The third-order valence-electron chi connectivity index (χ3n) is 4.62. The van der Waals surface area contributed by atoms with Crippen molar-refractivity contribution < 1.29 is 22.0 Å². The third kappa shape index (κ3) is 3.31. The summed E-state index contributed by atoms with van der Waals surface area (Å²) in [6.07, 6.45) is -2.95. The zero-order valence-electron chi connectivity index (χ0n) is 13.6. The van der Waals surface area contributed by atoms with Gasteiger partial charge in [-0.1, -0.05) is 6.07 Å². The second-order valence-electron chi connectivity index (χ2n) is 6.33. The van der Waals surface area contributed by atoms with Crippen LogP contribution in [0.15, 0.2) is 28.9 Å². The number of nitrogens with zero attached hydrogens (tertiary/aromatic N) is 3. The second kappa shape index (κ2) is 6.52. The number of benzene rings is 1. The summed E-state index contributed by atoms with van der Waals surface area (Å²) in [5.74, 6) is -1.46. The highest BCUT2D eigenvalue weighted by Gasteiger charge is 2.39. The number of H-pyrrole nitrogens is 1. The van der Waals surface area contributed by atoms with Gasteiger partial charge < -0.3 is 0 Å². The number of aromatic nitrogens is 3. The summed E-state index contributed by atoms with van der Waals surface area (Å²) < 4.78 is 68.4. The Balaban J connectivity index is 1.92. The first-order valence-corrected chi connectivity index (χ1v) is 8.81. The molecule has 2 aromatic heterocycles. The lowest BCUT2D eigenvalue weighted by molar-refractivity contribution is -0.150. The smallest absolute Gasteiger partial charge is 0.282 e. The van der Waals surface area contributed by atoms with Crippen LogP contribution in [0.25, 0.3) is 10.9 Å². The van der Waals surface area contributed by atoms with Crippen LogP contribution >= 0.6 is 15.9 Å². The van der Waals surface area contributed by atoms with Gasteiger partial charge in [0.1, 0.15) is 5.82 Å². The number of nitrogens with one attached hydrogen (secondary N) is 1. The van der Waals surface area contributed by atoms with Crippen LogP contribution < -0.4 is 0 Å². The normalized spacial score (nSPS) is 18.1. The van der Waals surface area contributed by atoms with E-state index >= 15 is 0 Å².